The fraction of sp³-hybridized carbons (Fsp3) is 0.500. The maximum absolute atomic E-state index is 13.0. The molecule has 2 amide bonds. The smallest absolute Gasteiger partial charge is 0.307 e. The van der Waals surface area contributed by atoms with Crippen molar-refractivity contribution in [2.45, 2.75) is 63.8 Å². The zero-order valence-electron chi connectivity index (χ0n) is 20.9. The Bertz CT molecular complexity index is 1050. The number of carbonyl (C=O) groups is 3. The van der Waals surface area contributed by atoms with Crippen LogP contribution in [0.2, 0.25) is 0 Å². The van der Waals surface area contributed by atoms with E-state index in [2.05, 4.69) is 15.6 Å². The second kappa shape index (κ2) is 12.0. The normalized spacial score (nSPS) is 22.8. The van der Waals surface area contributed by atoms with Crippen LogP contribution < -0.4 is 15.5 Å². The molecule has 2 heterocycles. The van der Waals surface area contributed by atoms with Gasteiger partial charge >= 0.3 is 5.97 Å². The van der Waals surface area contributed by atoms with E-state index in [0.717, 1.165) is 37.1 Å². The van der Waals surface area contributed by atoms with Crippen molar-refractivity contribution in [2.75, 3.05) is 23.3 Å². The van der Waals surface area contributed by atoms with Crippen molar-refractivity contribution in [1.29, 1.82) is 0 Å². The minimum Gasteiger partial charge on any atom is -0.481 e. The molecule has 8 nitrogen and oxygen atoms in total. The molecular weight excluding hydrogens is 456 g/mol. The van der Waals surface area contributed by atoms with E-state index in [1.54, 1.807) is 6.20 Å². The van der Waals surface area contributed by atoms with E-state index in [-0.39, 0.29) is 30.7 Å². The quantitative estimate of drug-likeness (QED) is 0.484. The highest BCUT2D eigenvalue weighted by Gasteiger charge is 2.35. The number of hydrogen-bond acceptors (Lipinski definition) is 5. The summed E-state index contributed by atoms with van der Waals surface area (Å²) in [6, 6.07) is 13.7. The number of carboxylic acids is 1. The zero-order chi connectivity index (χ0) is 25.5. The Hall–Kier alpha value is -3.42. The first kappa shape index (κ1) is 25.7. The van der Waals surface area contributed by atoms with Crippen LogP contribution in [0.4, 0.5) is 11.5 Å². The topological polar surface area (TPSA) is 112 Å². The summed E-state index contributed by atoms with van der Waals surface area (Å²) in [5.41, 5.74) is 1.49. The van der Waals surface area contributed by atoms with Gasteiger partial charge in [-0.3, -0.25) is 14.4 Å². The molecule has 2 aliphatic rings. The van der Waals surface area contributed by atoms with Crippen LogP contribution in [-0.2, 0) is 14.4 Å². The summed E-state index contributed by atoms with van der Waals surface area (Å²) < 4.78 is 0. The summed E-state index contributed by atoms with van der Waals surface area (Å²) in [6.45, 7) is 2.41. The van der Waals surface area contributed by atoms with Gasteiger partial charge in [-0.15, -0.1) is 0 Å². The number of benzene rings is 1. The zero-order valence-corrected chi connectivity index (χ0v) is 20.9. The molecule has 36 heavy (non-hydrogen) atoms. The van der Waals surface area contributed by atoms with E-state index < -0.39 is 11.9 Å². The molecule has 1 aliphatic heterocycles. The molecule has 1 saturated carbocycles. The number of pyridine rings is 1. The van der Waals surface area contributed by atoms with E-state index in [1.165, 1.54) is 4.90 Å². The molecule has 1 aromatic carbocycles. The van der Waals surface area contributed by atoms with Crippen LogP contribution in [-0.4, -0.2) is 47.0 Å². The number of fused-ring (bicyclic) bond motifs is 1. The van der Waals surface area contributed by atoms with Gasteiger partial charge in [0.05, 0.1) is 5.92 Å². The maximum atomic E-state index is 13.0. The summed E-state index contributed by atoms with van der Waals surface area (Å²) in [4.78, 5) is 43.6. The molecule has 4 rings (SSSR count). The van der Waals surface area contributed by atoms with Gasteiger partial charge in [0.1, 0.15) is 12.4 Å². The number of rotatable bonds is 9. The van der Waals surface area contributed by atoms with Gasteiger partial charge < -0.3 is 20.6 Å². The minimum absolute atomic E-state index is 0.0526. The van der Waals surface area contributed by atoms with Gasteiger partial charge in [0, 0.05) is 30.9 Å². The molecule has 2 aromatic rings. The Labute approximate surface area is 212 Å². The number of hydrogen-bond donors (Lipinski definition) is 3. The third-order valence-electron chi connectivity index (χ3n) is 7.59. The highest BCUT2D eigenvalue weighted by atomic mass is 16.4. The lowest BCUT2D eigenvalue weighted by molar-refractivity contribution is -0.142. The third-order valence-corrected chi connectivity index (χ3v) is 7.59. The molecule has 3 N–H and O–H groups in total. The van der Waals surface area contributed by atoms with Gasteiger partial charge in [0.25, 0.3) is 0 Å². The van der Waals surface area contributed by atoms with Crippen LogP contribution in [0.5, 0.6) is 0 Å². The van der Waals surface area contributed by atoms with Gasteiger partial charge in [-0.05, 0) is 74.1 Å². The minimum atomic E-state index is -0.846. The summed E-state index contributed by atoms with van der Waals surface area (Å²) in [5, 5.41) is 16.3. The van der Waals surface area contributed by atoms with Crippen molar-refractivity contribution in [1.82, 2.24) is 10.3 Å². The molecule has 2 unspecified atom stereocenters. The highest BCUT2D eigenvalue weighted by Crippen LogP contribution is 2.40. The molecule has 0 saturated heterocycles. The van der Waals surface area contributed by atoms with Crippen molar-refractivity contribution >= 4 is 29.3 Å². The Kier molecular flexibility index (Phi) is 8.57. The number of aromatic nitrogens is 1. The molecular formula is C28H36N4O4. The number of carboxylic acid groups (broad SMARTS) is 1. The molecule has 8 heteroatoms. The summed E-state index contributed by atoms with van der Waals surface area (Å²) in [5.74, 6) is -0.677. The number of nitrogens with one attached hydrogen (secondary N) is 2. The SMILES string of the molecule is CCC(C(=O)O)C1CCC(=O)N(CC(=O)NCC2CCC(Nc3ccccn3)CC2)c2ccccc21. The van der Waals surface area contributed by atoms with Gasteiger partial charge in [0.2, 0.25) is 11.8 Å². The average Bonchev–Trinajstić information content (AvgIpc) is 3.02. The summed E-state index contributed by atoms with van der Waals surface area (Å²) in [6.07, 6.45) is 7.06. The van der Waals surface area contributed by atoms with Crippen LogP contribution >= 0.6 is 0 Å². The molecule has 192 valence electrons. The molecule has 0 radical (unpaired) electrons. The maximum Gasteiger partial charge on any atom is 0.307 e. The summed E-state index contributed by atoms with van der Waals surface area (Å²) in [7, 11) is 0. The standard InChI is InChI=1S/C28H36N4O4/c1-2-21(28(35)36)22-14-15-27(34)32(24-8-4-3-7-23(22)24)18-26(33)30-17-19-10-12-20(13-11-19)31-25-9-5-6-16-29-25/h3-9,16,19-22H,2,10-15,17-18H2,1H3,(H,29,31)(H,30,33)(H,35,36). The number of para-hydroxylation sites is 1. The van der Waals surface area contributed by atoms with Gasteiger partial charge in [0.15, 0.2) is 0 Å². The Morgan fingerprint density at radius 1 is 1.08 bits per heavy atom. The second-order valence-electron chi connectivity index (χ2n) is 9.92. The van der Waals surface area contributed by atoms with Crippen molar-refractivity contribution in [3.05, 3.63) is 54.2 Å². The first-order chi connectivity index (χ1) is 17.5. The monoisotopic (exact) mass is 492 g/mol. The van der Waals surface area contributed by atoms with Crippen LogP contribution in [0.3, 0.4) is 0 Å². The molecule has 0 spiro atoms. The van der Waals surface area contributed by atoms with Crippen molar-refractivity contribution in [3.8, 4) is 0 Å². The highest BCUT2D eigenvalue weighted by molar-refractivity contribution is 6.00. The van der Waals surface area contributed by atoms with E-state index in [4.69, 9.17) is 0 Å². The lowest BCUT2D eigenvalue weighted by atomic mass is 9.81. The average molecular weight is 493 g/mol. The lowest BCUT2D eigenvalue weighted by Gasteiger charge is -2.30. The van der Waals surface area contributed by atoms with Crippen LogP contribution in [0.1, 0.15) is 63.4 Å². The number of nitrogens with zero attached hydrogens (tertiary/aromatic N) is 2. The van der Waals surface area contributed by atoms with Crippen molar-refractivity contribution < 1.29 is 19.5 Å². The number of aliphatic carboxylic acids is 1. The van der Waals surface area contributed by atoms with Crippen LogP contribution in [0.25, 0.3) is 0 Å². The first-order valence-electron chi connectivity index (χ1n) is 13.0. The van der Waals surface area contributed by atoms with Crippen molar-refractivity contribution in [2.24, 2.45) is 11.8 Å². The Balaban J connectivity index is 1.33. The lowest BCUT2D eigenvalue weighted by Crippen LogP contribution is -2.42. The van der Waals surface area contributed by atoms with E-state index in [0.29, 0.717) is 37.0 Å². The van der Waals surface area contributed by atoms with E-state index in [9.17, 15) is 19.5 Å². The van der Waals surface area contributed by atoms with Gasteiger partial charge in [-0.2, -0.15) is 0 Å². The van der Waals surface area contributed by atoms with E-state index >= 15 is 0 Å². The molecule has 1 aliphatic carbocycles. The number of anilines is 2. The second-order valence-corrected chi connectivity index (χ2v) is 9.92. The van der Waals surface area contributed by atoms with Crippen LogP contribution in [0.15, 0.2) is 48.7 Å². The first-order valence-corrected chi connectivity index (χ1v) is 13.0. The van der Waals surface area contributed by atoms with Gasteiger partial charge in [-0.1, -0.05) is 31.2 Å². The van der Waals surface area contributed by atoms with Crippen molar-refractivity contribution in [3.63, 3.8) is 0 Å². The van der Waals surface area contributed by atoms with Crippen LogP contribution in [0, 0.1) is 11.8 Å². The van der Waals surface area contributed by atoms with E-state index in [1.807, 2.05) is 49.4 Å². The fourth-order valence-corrected chi connectivity index (χ4v) is 5.60. The van der Waals surface area contributed by atoms with Gasteiger partial charge in [-0.25, -0.2) is 4.98 Å². The molecule has 1 fully saturated rings. The number of amides is 2. The predicted molar refractivity (Wildman–Crippen MR) is 139 cm³/mol. The predicted octanol–water partition coefficient (Wildman–Crippen LogP) is 4.19. The summed E-state index contributed by atoms with van der Waals surface area (Å²) >= 11 is 0. The molecule has 1 aromatic heterocycles. The fourth-order valence-electron chi connectivity index (χ4n) is 5.60. The Morgan fingerprint density at radius 3 is 2.53 bits per heavy atom. The molecule has 0 bridgehead atoms. The molecule has 2 atom stereocenters. The third kappa shape index (κ3) is 6.22. The largest absolute Gasteiger partial charge is 0.481 e. The Morgan fingerprint density at radius 2 is 1.83 bits per heavy atom. The number of carbonyl (C=O) groups excluding carboxylic acids is 2.